The van der Waals surface area contributed by atoms with E-state index in [1.54, 1.807) is 11.3 Å². The Hall–Kier alpha value is -0.830. The fraction of sp³-hybridized carbons (Fsp3) is 0.286. The van der Waals surface area contributed by atoms with Crippen LogP contribution in [0.2, 0.25) is 5.02 Å². The Morgan fingerprint density at radius 1 is 1.29 bits per heavy atom. The number of rotatable bonds is 4. The fourth-order valence-electron chi connectivity index (χ4n) is 1.86. The first-order valence-electron chi connectivity index (χ1n) is 5.58. The Balaban J connectivity index is 2.11. The van der Waals surface area contributed by atoms with Gasteiger partial charge in [0.1, 0.15) is 0 Å². The summed E-state index contributed by atoms with van der Waals surface area (Å²) in [6.07, 6.45) is 1.54. The topological polar surface area (TPSA) is 20.2 Å². The molecule has 0 radical (unpaired) electrons. The minimum Gasteiger partial charge on any atom is -0.385 e. The Bertz CT molecular complexity index is 477. The summed E-state index contributed by atoms with van der Waals surface area (Å²) in [4.78, 5) is 0. The zero-order chi connectivity index (χ0) is 12.3. The van der Waals surface area contributed by atoms with E-state index >= 15 is 0 Å². The molecule has 0 amide bonds. The summed E-state index contributed by atoms with van der Waals surface area (Å²) in [5.74, 6) is 0. The quantitative estimate of drug-likeness (QED) is 0.878. The van der Waals surface area contributed by atoms with E-state index < -0.39 is 5.60 Å². The van der Waals surface area contributed by atoms with Gasteiger partial charge in [-0.1, -0.05) is 29.8 Å². The SMILES string of the molecule is CC(O)(CCc1ccsc1)c1ccccc1Cl. The molecule has 0 saturated carbocycles. The molecule has 3 heteroatoms. The smallest absolute Gasteiger partial charge is 0.0886 e. The van der Waals surface area contributed by atoms with Crippen LogP contribution in [0, 0.1) is 0 Å². The fourth-order valence-corrected chi connectivity index (χ4v) is 2.90. The molecule has 90 valence electrons. The van der Waals surface area contributed by atoms with Gasteiger partial charge in [0.2, 0.25) is 0 Å². The maximum atomic E-state index is 10.5. The molecule has 1 aromatic heterocycles. The van der Waals surface area contributed by atoms with Crippen LogP contribution in [0.3, 0.4) is 0 Å². The summed E-state index contributed by atoms with van der Waals surface area (Å²) in [6.45, 7) is 1.82. The predicted octanol–water partition coefficient (Wildman–Crippen LogP) is 4.24. The van der Waals surface area contributed by atoms with Gasteiger partial charge in [-0.25, -0.2) is 0 Å². The largest absolute Gasteiger partial charge is 0.385 e. The molecule has 1 aromatic carbocycles. The van der Waals surface area contributed by atoms with Crippen molar-refractivity contribution in [2.75, 3.05) is 0 Å². The number of halogens is 1. The molecular weight excluding hydrogens is 252 g/mol. The lowest BCUT2D eigenvalue weighted by Crippen LogP contribution is -2.22. The molecule has 1 N–H and O–H groups in total. The third-order valence-electron chi connectivity index (χ3n) is 2.93. The van der Waals surface area contributed by atoms with Gasteiger partial charge >= 0.3 is 0 Å². The number of thiophene rings is 1. The van der Waals surface area contributed by atoms with E-state index in [0.29, 0.717) is 11.4 Å². The third-order valence-corrected chi connectivity index (χ3v) is 4.00. The Morgan fingerprint density at radius 3 is 2.71 bits per heavy atom. The van der Waals surface area contributed by atoms with Crippen molar-refractivity contribution in [1.82, 2.24) is 0 Å². The van der Waals surface area contributed by atoms with E-state index in [0.717, 1.165) is 12.0 Å². The summed E-state index contributed by atoms with van der Waals surface area (Å²) in [6, 6.07) is 9.57. The second-order valence-corrected chi connectivity index (χ2v) is 5.57. The highest BCUT2D eigenvalue weighted by atomic mass is 35.5. The lowest BCUT2D eigenvalue weighted by molar-refractivity contribution is 0.0482. The van der Waals surface area contributed by atoms with Gasteiger partial charge in [-0.15, -0.1) is 0 Å². The van der Waals surface area contributed by atoms with Crippen LogP contribution in [0.4, 0.5) is 0 Å². The average Bonchev–Trinajstić information content (AvgIpc) is 2.80. The van der Waals surface area contributed by atoms with Gasteiger partial charge in [0.25, 0.3) is 0 Å². The summed E-state index contributed by atoms with van der Waals surface area (Å²) < 4.78 is 0. The van der Waals surface area contributed by atoms with Crippen LogP contribution in [-0.2, 0) is 12.0 Å². The molecule has 2 aromatic rings. The summed E-state index contributed by atoms with van der Waals surface area (Å²) in [5, 5.41) is 15.3. The first-order valence-corrected chi connectivity index (χ1v) is 6.90. The van der Waals surface area contributed by atoms with Crippen molar-refractivity contribution in [3.8, 4) is 0 Å². The molecule has 0 aliphatic rings. The second-order valence-electron chi connectivity index (χ2n) is 4.39. The molecule has 0 aliphatic carbocycles. The van der Waals surface area contributed by atoms with Crippen molar-refractivity contribution in [3.05, 3.63) is 57.2 Å². The first-order chi connectivity index (χ1) is 8.09. The molecule has 0 fully saturated rings. The van der Waals surface area contributed by atoms with Crippen LogP contribution in [0.15, 0.2) is 41.1 Å². The molecule has 1 nitrogen and oxygen atoms in total. The number of aliphatic hydroxyl groups is 1. The van der Waals surface area contributed by atoms with Crippen molar-refractivity contribution < 1.29 is 5.11 Å². The minimum absolute atomic E-state index is 0.628. The molecule has 2 rings (SSSR count). The summed E-state index contributed by atoms with van der Waals surface area (Å²) in [7, 11) is 0. The van der Waals surface area contributed by atoms with Gasteiger partial charge < -0.3 is 5.11 Å². The van der Waals surface area contributed by atoms with Crippen molar-refractivity contribution in [3.63, 3.8) is 0 Å². The highest BCUT2D eigenvalue weighted by molar-refractivity contribution is 7.07. The number of benzene rings is 1. The van der Waals surface area contributed by atoms with E-state index in [1.165, 1.54) is 5.56 Å². The van der Waals surface area contributed by atoms with Gasteiger partial charge in [0.15, 0.2) is 0 Å². The molecule has 0 saturated heterocycles. The zero-order valence-electron chi connectivity index (χ0n) is 9.69. The number of hydrogen-bond donors (Lipinski definition) is 1. The first kappa shape index (κ1) is 12.6. The van der Waals surface area contributed by atoms with Crippen LogP contribution in [-0.4, -0.2) is 5.11 Å². The molecule has 17 heavy (non-hydrogen) atoms. The normalized spacial score (nSPS) is 14.5. The summed E-state index contributed by atoms with van der Waals surface area (Å²) in [5.41, 5.74) is 1.19. The maximum Gasteiger partial charge on any atom is 0.0886 e. The average molecular weight is 267 g/mol. The Morgan fingerprint density at radius 2 is 2.06 bits per heavy atom. The maximum absolute atomic E-state index is 10.5. The summed E-state index contributed by atoms with van der Waals surface area (Å²) >= 11 is 7.79. The third kappa shape index (κ3) is 3.09. The number of aryl methyl sites for hydroxylation is 1. The van der Waals surface area contributed by atoms with Crippen LogP contribution in [0.5, 0.6) is 0 Å². The Kier molecular flexibility index (Phi) is 3.87. The standard InChI is InChI=1S/C14H15ClOS/c1-14(16,8-6-11-7-9-17-10-11)12-4-2-3-5-13(12)15/h2-5,7,9-10,16H,6,8H2,1H3. The van der Waals surface area contributed by atoms with Gasteiger partial charge in [0.05, 0.1) is 5.60 Å². The van der Waals surface area contributed by atoms with E-state index in [2.05, 4.69) is 16.8 Å². The van der Waals surface area contributed by atoms with Crippen molar-refractivity contribution in [2.24, 2.45) is 0 Å². The van der Waals surface area contributed by atoms with Gasteiger partial charge in [-0.3, -0.25) is 0 Å². The van der Waals surface area contributed by atoms with Gasteiger partial charge in [-0.2, -0.15) is 11.3 Å². The lowest BCUT2D eigenvalue weighted by Gasteiger charge is -2.24. The van der Waals surface area contributed by atoms with E-state index in [1.807, 2.05) is 31.2 Å². The van der Waals surface area contributed by atoms with E-state index in [-0.39, 0.29) is 0 Å². The van der Waals surface area contributed by atoms with Crippen molar-refractivity contribution in [2.45, 2.75) is 25.4 Å². The van der Waals surface area contributed by atoms with E-state index in [4.69, 9.17) is 11.6 Å². The van der Waals surface area contributed by atoms with Crippen LogP contribution in [0.25, 0.3) is 0 Å². The predicted molar refractivity (Wildman–Crippen MR) is 73.7 cm³/mol. The molecule has 1 heterocycles. The van der Waals surface area contributed by atoms with Crippen LogP contribution < -0.4 is 0 Å². The lowest BCUT2D eigenvalue weighted by atomic mass is 9.90. The molecule has 0 aliphatic heterocycles. The Labute approximate surface area is 111 Å². The van der Waals surface area contributed by atoms with Gasteiger partial charge in [-0.05, 0) is 48.2 Å². The number of hydrogen-bond acceptors (Lipinski definition) is 2. The van der Waals surface area contributed by atoms with Crippen molar-refractivity contribution in [1.29, 1.82) is 0 Å². The zero-order valence-corrected chi connectivity index (χ0v) is 11.3. The van der Waals surface area contributed by atoms with Crippen LogP contribution >= 0.6 is 22.9 Å². The molecule has 1 atom stereocenters. The molecule has 0 spiro atoms. The minimum atomic E-state index is -0.875. The molecule has 1 unspecified atom stereocenters. The van der Waals surface area contributed by atoms with Crippen LogP contribution in [0.1, 0.15) is 24.5 Å². The molecule has 0 bridgehead atoms. The monoisotopic (exact) mass is 266 g/mol. The molecular formula is C14H15ClOS. The van der Waals surface area contributed by atoms with E-state index in [9.17, 15) is 5.11 Å². The highest BCUT2D eigenvalue weighted by Gasteiger charge is 2.24. The van der Waals surface area contributed by atoms with Gasteiger partial charge in [0, 0.05) is 10.6 Å². The van der Waals surface area contributed by atoms with Crippen molar-refractivity contribution >= 4 is 22.9 Å². The second kappa shape index (κ2) is 5.21. The highest BCUT2D eigenvalue weighted by Crippen LogP contribution is 2.31.